The Kier molecular flexibility index (Phi) is 1.90. The standard InChI is InChI=1S/C5H3FIN5O/c6-4-9-2-1(3(10-4)12-7)8-5(13)11-2/h(H3,8,9,10,11,12,13). The highest BCUT2D eigenvalue weighted by molar-refractivity contribution is 14.1. The largest absolute Gasteiger partial charge is 0.325 e. The smallest absolute Gasteiger partial charge is 0.311 e. The second-order valence-electron chi connectivity index (χ2n) is 2.24. The Hall–Kier alpha value is -1.19. The quantitative estimate of drug-likeness (QED) is 0.407. The van der Waals surface area contributed by atoms with Crippen LogP contribution < -0.4 is 9.22 Å². The summed E-state index contributed by atoms with van der Waals surface area (Å²) in [5, 5.41) is 0. The maximum Gasteiger partial charge on any atom is 0.325 e. The Bertz CT molecular complexity index is 505. The third-order valence-corrected chi connectivity index (χ3v) is 1.95. The molecule has 6 nitrogen and oxygen atoms in total. The first kappa shape index (κ1) is 8.41. The number of rotatable bonds is 1. The third-order valence-electron chi connectivity index (χ3n) is 1.44. The fourth-order valence-electron chi connectivity index (χ4n) is 0.963. The van der Waals surface area contributed by atoms with Gasteiger partial charge >= 0.3 is 11.8 Å². The van der Waals surface area contributed by atoms with Crippen molar-refractivity contribution in [1.82, 2.24) is 19.9 Å². The Morgan fingerprint density at radius 2 is 2.15 bits per heavy atom. The molecule has 0 aliphatic rings. The van der Waals surface area contributed by atoms with Crippen LogP contribution in [0.25, 0.3) is 11.2 Å². The number of nitrogens with one attached hydrogen (secondary N) is 3. The number of imidazole rings is 1. The predicted octanol–water partition coefficient (Wildman–Crippen LogP) is 0.547. The molecule has 2 heterocycles. The van der Waals surface area contributed by atoms with E-state index < -0.39 is 11.8 Å². The summed E-state index contributed by atoms with van der Waals surface area (Å²) in [6.07, 6.45) is -0.887. The number of aromatic amines is 2. The van der Waals surface area contributed by atoms with E-state index in [-0.39, 0.29) is 11.5 Å². The first-order valence-electron chi connectivity index (χ1n) is 3.23. The molecule has 0 bridgehead atoms. The zero-order valence-electron chi connectivity index (χ0n) is 6.06. The fourth-order valence-corrected chi connectivity index (χ4v) is 1.35. The lowest BCUT2D eigenvalue weighted by atomic mass is 10.5. The van der Waals surface area contributed by atoms with E-state index >= 15 is 0 Å². The summed E-state index contributed by atoms with van der Waals surface area (Å²) in [6.45, 7) is 0. The molecule has 0 atom stereocenters. The van der Waals surface area contributed by atoms with Gasteiger partial charge < -0.3 is 8.51 Å². The number of hydrogen-bond donors (Lipinski definition) is 3. The summed E-state index contributed by atoms with van der Waals surface area (Å²) in [7, 11) is 0. The van der Waals surface area contributed by atoms with Crippen LogP contribution in [0.4, 0.5) is 10.2 Å². The fraction of sp³-hybridized carbons (Fsp3) is 0. The summed E-state index contributed by atoms with van der Waals surface area (Å²) < 4.78 is 15.3. The molecular weight excluding hydrogens is 292 g/mol. The van der Waals surface area contributed by atoms with Gasteiger partial charge in [-0.2, -0.15) is 14.4 Å². The van der Waals surface area contributed by atoms with Crippen LogP contribution in [-0.4, -0.2) is 19.9 Å². The molecule has 0 amide bonds. The van der Waals surface area contributed by atoms with Crippen molar-refractivity contribution in [1.29, 1.82) is 0 Å². The van der Waals surface area contributed by atoms with E-state index in [0.717, 1.165) is 0 Å². The van der Waals surface area contributed by atoms with Crippen LogP contribution in [0.3, 0.4) is 0 Å². The molecule has 0 radical (unpaired) electrons. The van der Waals surface area contributed by atoms with E-state index in [2.05, 4.69) is 23.5 Å². The van der Waals surface area contributed by atoms with Crippen LogP contribution in [0.2, 0.25) is 0 Å². The minimum absolute atomic E-state index is 0.150. The van der Waals surface area contributed by atoms with Gasteiger partial charge in [0.05, 0.1) is 22.9 Å². The van der Waals surface area contributed by atoms with E-state index in [1.807, 2.05) is 0 Å². The zero-order valence-corrected chi connectivity index (χ0v) is 8.22. The van der Waals surface area contributed by atoms with Gasteiger partial charge in [-0.25, -0.2) is 4.79 Å². The maximum atomic E-state index is 12.7. The molecule has 0 saturated carbocycles. The minimum atomic E-state index is -0.887. The number of hydrogen-bond acceptors (Lipinski definition) is 4. The molecule has 0 fully saturated rings. The van der Waals surface area contributed by atoms with E-state index in [0.29, 0.717) is 5.52 Å². The molecule has 13 heavy (non-hydrogen) atoms. The molecule has 3 N–H and O–H groups in total. The Morgan fingerprint density at radius 1 is 1.38 bits per heavy atom. The molecule has 8 heteroatoms. The average Bonchev–Trinajstić information content (AvgIpc) is 2.43. The van der Waals surface area contributed by atoms with Gasteiger partial charge in [0.1, 0.15) is 5.52 Å². The molecule has 0 aliphatic carbocycles. The molecule has 0 saturated heterocycles. The van der Waals surface area contributed by atoms with Crippen LogP contribution in [0, 0.1) is 6.08 Å². The first-order valence-corrected chi connectivity index (χ1v) is 4.31. The van der Waals surface area contributed by atoms with Gasteiger partial charge in [-0.05, 0) is 0 Å². The predicted molar refractivity (Wildman–Crippen MR) is 52.1 cm³/mol. The number of aromatic nitrogens is 4. The van der Waals surface area contributed by atoms with Crippen molar-refractivity contribution in [3.05, 3.63) is 16.6 Å². The van der Waals surface area contributed by atoms with Gasteiger partial charge in [0.15, 0.2) is 11.5 Å². The van der Waals surface area contributed by atoms with Gasteiger partial charge in [-0.1, -0.05) is 0 Å². The summed E-state index contributed by atoms with van der Waals surface area (Å²) in [4.78, 5) is 22.4. The third kappa shape index (κ3) is 1.36. The lowest BCUT2D eigenvalue weighted by Gasteiger charge is -1.96. The van der Waals surface area contributed by atoms with Crippen molar-refractivity contribution >= 4 is 39.8 Å². The molecule has 0 spiro atoms. The molecular formula is C5H3FIN5O. The first-order chi connectivity index (χ1) is 6.20. The Labute approximate surface area is 84.5 Å². The minimum Gasteiger partial charge on any atom is -0.311 e. The second-order valence-corrected chi connectivity index (χ2v) is 2.78. The van der Waals surface area contributed by atoms with Crippen molar-refractivity contribution in [2.45, 2.75) is 0 Å². The number of nitrogens with zero attached hydrogens (tertiary/aromatic N) is 2. The SMILES string of the molecule is O=c1[nH]c2nc(F)nc(NI)c2[nH]1. The molecule has 2 aromatic heterocycles. The van der Waals surface area contributed by atoms with Gasteiger partial charge in [-0.3, -0.25) is 4.98 Å². The van der Waals surface area contributed by atoms with E-state index in [9.17, 15) is 9.18 Å². The number of H-pyrrole nitrogens is 2. The number of fused-ring (bicyclic) bond motifs is 1. The zero-order chi connectivity index (χ0) is 9.42. The molecule has 2 rings (SSSR count). The summed E-state index contributed by atoms with van der Waals surface area (Å²) in [6, 6.07) is 0. The van der Waals surface area contributed by atoms with Crippen LogP contribution in [0.5, 0.6) is 0 Å². The average molecular weight is 295 g/mol. The topological polar surface area (TPSA) is 86.5 Å². The van der Waals surface area contributed by atoms with Crippen LogP contribution in [0.1, 0.15) is 0 Å². The summed E-state index contributed by atoms with van der Waals surface area (Å²) >= 11 is 1.78. The monoisotopic (exact) mass is 295 g/mol. The molecule has 2 aromatic rings. The highest BCUT2D eigenvalue weighted by Crippen LogP contribution is 2.15. The lowest BCUT2D eigenvalue weighted by Crippen LogP contribution is -1.99. The molecule has 68 valence electrons. The summed E-state index contributed by atoms with van der Waals surface area (Å²) in [5.41, 5.74) is 0.0697. The summed E-state index contributed by atoms with van der Waals surface area (Å²) in [5.74, 6) is 0.237. The highest BCUT2D eigenvalue weighted by atomic mass is 127. The van der Waals surface area contributed by atoms with Crippen LogP contribution >= 0.6 is 22.9 Å². The van der Waals surface area contributed by atoms with Crippen LogP contribution in [-0.2, 0) is 0 Å². The Morgan fingerprint density at radius 3 is 2.85 bits per heavy atom. The Balaban J connectivity index is 2.88. The highest BCUT2D eigenvalue weighted by Gasteiger charge is 2.08. The van der Waals surface area contributed by atoms with Crippen molar-refractivity contribution in [2.75, 3.05) is 3.53 Å². The van der Waals surface area contributed by atoms with Gasteiger partial charge in [-0.15, -0.1) is 0 Å². The maximum absolute atomic E-state index is 12.7. The number of anilines is 1. The lowest BCUT2D eigenvalue weighted by molar-refractivity contribution is 0.546. The van der Waals surface area contributed by atoms with Gasteiger partial charge in [0, 0.05) is 0 Å². The van der Waals surface area contributed by atoms with Gasteiger partial charge in [0.25, 0.3) is 0 Å². The van der Waals surface area contributed by atoms with Crippen molar-refractivity contribution in [3.8, 4) is 0 Å². The van der Waals surface area contributed by atoms with E-state index in [4.69, 9.17) is 0 Å². The molecule has 0 unspecified atom stereocenters. The van der Waals surface area contributed by atoms with Gasteiger partial charge in [0.2, 0.25) is 0 Å². The van der Waals surface area contributed by atoms with E-state index in [1.54, 1.807) is 22.9 Å². The van der Waals surface area contributed by atoms with Crippen LogP contribution in [0.15, 0.2) is 4.79 Å². The number of halogens is 2. The molecule has 0 aromatic carbocycles. The van der Waals surface area contributed by atoms with Crippen molar-refractivity contribution < 1.29 is 4.39 Å². The van der Waals surface area contributed by atoms with Crippen molar-refractivity contribution in [3.63, 3.8) is 0 Å². The molecule has 0 aliphatic heterocycles. The van der Waals surface area contributed by atoms with Crippen molar-refractivity contribution in [2.24, 2.45) is 0 Å². The van der Waals surface area contributed by atoms with E-state index in [1.165, 1.54) is 0 Å². The normalized spacial score (nSPS) is 10.6. The second kappa shape index (κ2) is 2.94.